The smallest absolute Gasteiger partial charge is 0.339 e. The molecule has 2 N–H and O–H groups in total. The fourth-order valence-corrected chi connectivity index (χ4v) is 2.95. The summed E-state index contributed by atoms with van der Waals surface area (Å²) in [5, 5.41) is 0. The van der Waals surface area contributed by atoms with Crippen LogP contribution in [0.25, 0.3) is 11.6 Å². The van der Waals surface area contributed by atoms with E-state index in [1.54, 1.807) is 6.08 Å². The number of carbonyl (C=O) groups excluding carboxylic acids is 1. The van der Waals surface area contributed by atoms with Gasteiger partial charge >= 0.3 is 5.97 Å². The normalized spacial score (nSPS) is 15.0. The highest BCUT2D eigenvalue weighted by Gasteiger charge is 2.15. The molecule has 0 spiro atoms. The number of ether oxygens (including phenoxy) is 2. The van der Waals surface area contributed by atoms with E-state index in [0.29, 0.717) is 5.69 Å². The van der Waals surface area contributed by atoms with Crippen molar-refractivity contribution >= 4 is 35.5 Å². The van der Waals surface area contributed by atoms with Crippen LogP contribution in [0.2, 0.25) is 0 Å². The number of anilines is 1. The first kappa shape index (κ1) is 18.1. The van der Waals surface area contributed by atoms with Crippen molar-refractivity contribution in [2.45, 2.75) is 0 Å². The van der Waals surface area contributed by atoms with Crippen molar-refractivity contribution in [1.82, 2.24) is 9.97 Å². The summed E-state index contributed by atoms with van der Waals surface area (Å²) in [6.07, 6.45) is 1.66. The van der Waals surface area contributed by atoms with Crippen molar-refractivity contribution in [3.63, 3.8) is 0 Å². The van der Waals surface area contributed by atoms with Crippen LogP contribution < -0.4 is 10.5 Å². The van der Waals surface area contributed by atoms with Crippen molar-refractivity contribution in [3.8, 4) is 0 Å². The number of rotatable bonds is 4. The number of nitrogens with one attached hydrogen (secondary N) is 2. The quantitative estimate of drug-likeness (QED) is 0.484. The third-order valence-electron chi connectivity index (χ3n) is 4.04. The molecule has 3 rings (SSSR count). The largest absolute Gasteiger partial charge is 0.465 e. The van der Waals surface area contributed by atoms with Gasteiger partial charge in [0.25, 0.3) is 5.56 Å². The number of carbonyl (C=O) groups is 1. The monoisotopic (exact) mass is 373 g/mol. The Hall–Kier alpha value is -2.71. The van der Waals surface area contributed by atoms with Gasteiger partial charge in [-0.1, -0.05) is 12.1 Å². The van der Waals surface area contributed by atoms with E-state index >= 15 is 0 Å². The van der Waals surface area contributed by atoms with Gasteiger partial charge < -0.3 is 19.4 Å². The Morgan fingerprint density at radius 1 is 1.23 bits per heavy atom. The van der Waals surface area contributed by atoms with Crippen LogP contribution in [-0.2, 0) is 14.3 Å². The van der Waals surface area contributed by atoms with Gasteiger partial charge in [0.05, 0.1) is 31.6 Å². The lowest BCUT2D eigenvalue weighted by Crippen LogP contribution is -2.36. The van der Waals surface area contributed by atoms with Crippen molar-refractivity contribution in [1.29, 1.82) is 0 Å². The van der Waals surface area contributed by atoms with Crippen LogP contribution in [0.4, 0.5) is 5.69 Å². The number of H-pyrrole nitrogens is 2. The predicted molar refractivity (Wildman–Crippen MR) is 102 cm³/mol. The molecule has 0 amide bonds. The molecule has 1 aliphatic rings. The Bertz CT molecular complexity index is 896. The summed E-state index contributed by atoms with van der Waals surface area (Å²) in [6.45, 7) is 3.14. The molecule has 0 saturated carbocycles. The zero-order chi connectivity index (χ0) is 18.5. The Kier molecular flexibility index (Phi) is 5.65. The number of nitrogens with zero attached hydrogens (tertiary/aromatic N) is 1. The summed E-state index contributed by atoms with van der Waals surface area (Å²) in [7, 11) is 1.29. The van der Waals surface area contributed by atoms with Gasteiger partial charge in [0.15, 0.2) is 4.77 Å². The van der Waals surface area contributed by atoms with Gasteiger partial charge in [0.2, 0.25) is 0 Å². The number of esters is 1. The van der Waals surface area contributed by atoms with Gasteiger partial charge in [-0.3, -0.25) is 9.78 Å². The molecule has 26 heavy (non-hydrogen) atoms. The van der Waals surface area contributed by atoms with Gasteiger partial charge in [-0.2, -0.15) is 0 Å². The first-order valence-electron chi connectivity index (χ1n) is 8.13. The molecule has 8 heteroatoms. The zero-order valence-electron chi connectivity index (χ0n) is 14.3. The Morgan fingerprint density at radius 2 is 1.92 bits per heavy atom. The first-order valence-corrected chi connectivity index (χ1v) is 8.54. The van der Waals surface area contributed by atoms with Crippen LogP contribution in [0.15, 0.2) is 35.1 Å². The van der Waals surface area contributed by atoms with E-state index in [1.165, 1.54) is 13.2 Å². The maximum atomic E-state index is 12.2. The molecule has 0 radical (unpaired) electrons. The van der Waals surface area contributed by atoms with Gasteiger partial charge in [-0.05, 0) is 36.0 Å². The summed E-state index contributed by atoms with van der Waals surface area (Å²) in [6, 6.07) is 9.09. The lowest BCUT2D eigenvalue weighted by atomic mass is 10.1. The van der Waals surface area contributed by atoms with Crippen molar-refractivity contribution < 1.29 is 14.3 Å². The lowest BCUT2D eigenvalue weighted by Gasteiger charge is -2.28. The minimum atomic E-state index is -0.557. The Labute approximate surface area is 155 Å². The minimum absolute atomic E-state index is 0.143. The van der Waals surface area contributed by atoms with Gasteiger partial charge in [0.1, 0.15) is 0 Å². The highest BCUT2D eigenvalue weighted by Crippen LogP contribution is 2.21. The van der Waals surface area contributed by atoms with Crippen LogP contribution in [0.3, 0.4) is 0 Å². The molecular weight excluding hydrogens is 354 g/mol. The summed E-state index contributed by atoms with van der Waals surface area (Å²) in [5.74, 6) is -0.557. The van der Waals surface area contributed by atoms with Crippen molar-refractivity contribution in [2.75, 3.05) is 38.3 Å². The van der Waals surface area contributed by atoms with E-state index in [0.717, 1.165) is 37.6 Å². The number of methoxy groups -OCH3 is 1. The number of benzene rings is 1. The summed E-state index contributed by atoms with van der Waals surface area (Å²) in [4.78, 5) is 31.3. The second kappa shape index (κ2) is 8.11. The van der Waals surface area contributed by atoms with E-state index in [9.17, 15) is 9.59 Å². The zero-order valence-corrected chi connectivity index (χ0v) is 15.1. The molecule has 2 heterocycles. The Morgan fingerprint density at radius 3 is 2.54 bits per heavy atom. The third-order valence-corrected chi connectivity index (χ3v) is 4.24. The lowest BCUT2D eigenvalue weighted by molar-refractivity contribution is -0.133. The molecule has 0 aliphatic carbocycles. The molecule has 136 valence electrons. The van der Waals surface area contributed by atoms with E-state index in [2.05, 4.69) is 14.9 Å². The van der Waals surface area contributed by atoms with E-state index < -0.39 is 5.97 Å². The molecule has 7 nitrogen and oxygen atoms in total. The fourth-order valence-electron chi connectivity index (χ4n) is 2.74. The second-order valence-electron chi connectivity index (χ2n) is 5.74. The summed E-state index contributed by atoms with van der Waals surface area (Å²) in [5.41, 5.74) is 2.05. The molecule has 2 aromatic rings. The topological polar surface area (TPSA) is 87.4 Å². The highest BCUT2D eigenvalue weighted by atomic mass is 32.1. The molecule has 1 fully saturated rings. The molecule has 1 saturated heterocycles. The molecule has 1 aromatic heterocycles. The molecule has 0 bridgehead atoms. The van der Waals surface area contributed by atoms with E-state index in [4.69, 9.17) is 21.7 Å². The van der Waals surface area contributed by atoms with Crippen molar-refractivity contribution in [2.24, 2.45) is 0 Å². The number of aromatic nitrogens is 2. The average molecular weight is 373 g/mol. The van der Waals surface area contributed by atoms with Gasteiger partial charge in [-0.25, -0.2) is 4.79 Å². The number of aromatic amines is 2. The summed E-state index contributed by atoms with van der Waals surface area (Å²) < 4.78 is 10.3. The standard InChI is InChI=1S/C18H19N3O4S/c1-24-17(23)14(15-11-16(22)20-18(26)19-15)10-12-2-4-13(5-3-12)21-6-8-25-9-7-21/h2-5,10-11H,6-9H2,1H3,(H2,19,20,22,26)/b14-10-. The average Bonchev–Trinajstić information content (AvgIpc) is 2.66. The van der Waals surface area contributed by atoms with Crippen LogP contribution in [-0.4, -0.2) is 49.4 Å². The molecule has 1 aliphatic heterocycles. The molecule has 1 aromatic carbocycles. The molecule has 0 atom stereocenters. The number of morpholine rings is 1. The number of hydrogen-bond donors (Lipinski definition) is 2. The SMILES string of the molecule is COC(=O)/C(=C\c1ccc(N2CCOCC2)cc1)c1cc(=O)[nH]c(=S)[nH]1. The van der Waals surface area contributed by atoms with Crippen LogP contribution in [0.1, 0.15) is 11.3 Å². The first-order chi connectivity index (χ1) is 12.6. The van der Waals surface area contributed by atoms with Crippen LogP contribution in [0, 0.1) is 4.77 Å². The van der Waals surface area contributed by atoms with Gasteiger partial charge in [0, 0.05) is 24.8 Å². The maximum Gasteiger partial charge on any atom is 0.339 e. The highest BCUT2D eigenvalue weighted by molar-refractivity contribution is 7.71. The van der Waals surface area contributed by atoms with Crippen LogP contribution in [0.5, 0.6) is 0 Å². The van der Waals surface area contributed by atoms with E-state index in [1.807, 2.05) is 24.3 Å². The van der Waals surface area contributed by atoms with Gasteiger partial charge in [-0.15, -0.1) is 0 Å². The summed E-state index contributed by atoms with van der Waals surface area (Å²) >= 11 is 4.98. The fraction of sp³-hybridized carbons (Fsp3) is 0.278. The molecular formula is C18H19N3O4S. The third kappa shape index (κ3) is 4.27. The van der Waals surface area contributed by atoms with E-state index in [-0.39, 0.29) is 15.9 Å². The predicted octanol–water partition coefficient (Wildman–Crippen LogP) is 1.98. The Balaban J connectivity index is 1.93. The van der Waals surface area contributed by atoms with Crippen molar-refractivity contribution in [3.05, 3.63) is 56.7 Å². The number of hydrogen-bond acceptors (Lipinski definition) is 6. The second-order valence-corrected chi connectivity index (χ2v) is 6.15. The maximum absolute atomic E-state index is 12.2. The minimum Gasteiger partial charge on any atom is -0.465 e. The molecule has 0 unspecified atom stereocenters. The van der Waals surface area contributed by atoms with Crippen LogP contribution >= 0.6 is 12.2 Å².